The summed E-state index contributed by atoms with van der Waals surface area (Å²) >= 11 is 0. The summed E-state index contributed by atoms with van der Waals surface area (Å²) in [5.74, 6) is 0.811. The first kappa shape index (κ1) is 11.7. The Hall–Kier alpha value is -1.74. The van der Waals surface area contributed by atoms with E-state index in [-0.39, 0.29) is 6.04 Å². The Bertz CT molecular complexity index is 447. The van der Waals surface area contributed by atoms with Crippen molar-refractivity contribution in [2.75, 3.05) is 18.1 Å². The van der Waals surface area contributed by atoms with E-state index in [1.54, 1.807) is 11.7 Å². The van der Waals surface area contributed by atoms with Crippen molar-refractivity contribution in [1.82, 2.24) is 9.78 Å². The molecule has 6 heteroatoms. The van der Waals surface area contributed by atoms with E-state index in [1.165, 1.54) is 0 Å². The lowest BCUT2D eigenvalue weighted by molar-refractivity contribution is 0.0707. The first-order valence-electron chi connectivity index (χ1n) is 5.83. The smallest absolute Gasteiger partial charge is 0.168 e. The highest BCUT2D eigenvalue weighted by Crippen LogP contribution is 2.32. The van der Waals surface area contributed by atoms with Crippen molar-refractivity contribution in [2.45, 2.75) is 37.8 Å². The van der Waals surface area contributed by atoms with E-state index in [9.17, 15) is 5.11 Å². The minimum Gasteiger partial charge on any atom is -0.391 e. The molecule has 0 saturated heterocycles. The van der Waals surface area contributed by atoms with E-state index in [1.807, 2.05) is 6.07 Å². The maximum Gasteiger partial charge on any atom is 0.168 e. The molecule has 0 radical (unpaired) electrons. The van der Waals surface area contributed by atoms with Crippen LogP contribution in [-0.4, -0.2) is 28.0 Å². The van der Waals surface area contributed by atoms with Gasteiger partial charge in [-0.1, -0.05) is 12.8 Å². The Morgan fingerprint density at radius 3 is 2.76 bits per heavy atom. The predicted molar refractivity (Wildman–Crippen MR) is 64.4 cm³/mol. The summed E-state index contributed by atoms with van der Waals surface area (Å²) in [6.45, 7) is 0. The average Bonchev–Trinajstić information content (AvgIpc) is 2.66. The van der Waals surface area contributed by atoms with Crippen LogP contribution in [0, 0.1) is 11.3 Å². The van der Waals surface area contributed by atoms with Gasteiger partial charge >= 0.3 is 0 Å². The molecule has 0 amide bonds. The summed E-state index contributed by atoms with van der Waals surface area (Å²) in [6, 6.07) is 1.92. The minimum absolute atomic E-state index is 0.113. The predicted octanol–water partition coefficient (Wildman–Crippen LogP) is 0.855. The van der Waals surface area contributed by atoms with Crippen molar-refractivity contribution in [3.63, 3.8) is 0 Å². The summed E-state index contributed by atoms with van der Waals surface area (Å²) < 4.78 is 1.59. The number of aliphatic hydroxyl groups excluding tert-OH is 1. The quantitative estimate of drug-likeness (QED) is 0.705. The Kier molecular flexibility index (Phi) is 3.20. The molecule has 2 rings (SSSR count). The van der Waals surface area contributed by atoms with Gasteiger partial charge in [-0.05, 0) is 12.8 Å². The van der Waals surface area contributed by atoms with Crippen molar-refractivity contribution >= 4 is 11.6 Å². The molecule has 92 valence electrons. The van der Waals surface area contributed by atoms with Gasteiger partial charge < -0.3 is 16.2 Å². The molecule has 0 bridgehead atoms. The van der Waals surface area contributed by atoms with Crippen LogP contribution in [0.25, 0.3) is 0 Å². The van der Waals surface area contributed by atoms with Crippen molar-refractivity contribution in [3.05, 3.63) is 5.56 Å². The van der Waals surface area contributed by atoms with Crippen molar-refractivity contribution in [3.8, 4) is 6.07 Å². The number of nitrogen functional groups attached to an aromatic ring is 1. The Morgan fingerprint density at radius 2 is 2.24 bits per heavy atom. The van der Waals surface area contributed by atoms with E-state index in [0.717, 1.165) is 25.7 Å². The Balaban J connectivity index is 2.38. The number of aromatic nitrogens is 2. The van der Waals surface area contributed by atoms with Crippen molar-refractivity contribution < 1.29 is 5.11 Å². The second-order valence-electron chi connectivity index (χ2n) is 4.33. The summed E-state index contributed by atoms with van der Waals surface area (Å²) in [6.07, 6.45) is 3.27. The van der Waals surface area contributed by atoms with Gasteiger partial charge in [0.25, 0.3) is 0 Å². The van der Waals surface area contributed by atoms with Gasteiger partial charge in [-0.3, -0.25) is 0 Å². The zero-order chi connectivity index (χ0) is 12.4. The molecule has 2 unspecified atom stereocenters. The molecule has 0 aliphatic heterocycles. The number of anilines is 2. The second-order valence-corrected chi connectivity index (χ2v) is 4.33. The van der Waals surface area contributed by atoms with Crippen LogP contribution >= 0.6 is 0 Å². The first-order valence-corrected chi connectivity index (χ1v) is 5.83. The molecule has 1 aromatic rings. The Morgan fingerprint density at radius 1 is 1.53 bits per heavy atom. The number of nitrogens with zero attached hydrogens (tertiary/aromatic N) is 3. The van der Waals surface area contributed by atoms with Gasteiger partial charge in [0.15, 0.2) is 5.82 Å². The largest absolute Gasteiger partial charge is 0.391 e. The molecule has 4 N–H and O–H groups in total. The third-order valence-electron chi connectivity index (χ3n) is 3.30. The van der Waals surface area contributed by atoms with E-state index in [4.69, 9.17) is 11.0 Å². The van der Waals surface area contributed by atoms with Crippen LogP contribution in [0.3, 0.4) is 0 Å². The summed E-state index contributed by atoms with van der Waals surface area (Å²) in [5.41, 5.74) is 6.26. The molecular formula is C11H17N5O. The molecule has 6 nitrogen and oxygen atoms in total. The lowest BCUT2D eigenvalue weighted by Gasteiger charge is -2.28. The maximum atomic E-state index is 9.97. The molecule has 1 saturated carbocycles. The van der Waals surface area contributed by atoms with Gasteiger partial charge in [0.2, 0.25) is 0 Å². The molecule has 0 aromatic carbocycles. The average molecular weight is 235 g/mol. The number of nitrogens with two attached hydrogens (primary N) is 1. The molecule has 1 heterocycles. The normalized spacial score (nSPS) is 24.3. The number of nitrogens with one attached hydrogen (secondary N) is 1. The van der Waals surface area contributed by atoms with Crippen LogP contribution in [0.15, 0.2) is 0 Å². The van der Waals surface area contributed by atoms with Gasteiger partial charge in [0.1, 0.15) is 17.5 Å². The van der Waals surface area contributed by atoms with Gasteiger partial charge in [0.05, 0.1) is 12.1 Å². The third-order valence-corrected chi connectivity index (χ3v) is 3.30. The minimum atomic E-state index is -0.429. The number of rotatable bonds is 2. The zero-order valence-electron chi connectivity index (χ0n) is 9.85. The monoisotopic (exact) mass is 235 g/mol. The summed E-state index contributed by atoms with van der Waals surface area (Å²) in [5, 5.41) is 26.1. The molecule has 1 aliphatic rings. The van der Waals surface area contributed by atoms with E-state index < -0.39 is 6.10 Å². The van der Waals surface area contributed by atoms with Crippen LogP contribution in [0.2, 0.25) is 0 Å². The van der Waals surface area contributed by atoms with Gasteiger partial charge in [-0.25, -0.2) is 4.68 Å². The van der Waals surface area contributed by atoms with Crippen LogP contribution < -0.4 is 11.1 Å². The number of aliphatic hydroxyl groups is 1. The van der Waals surface area contributed by atoms with E-state index in [0.29, 0.717) is 17.2 Å². The van der Waals surface area contributed by atoms with Crippen LogP contribution in [-0.2, 0) is 0 Å². The molecule has 1 fully saturated rings. The Labute approximate surface area is 100 Å². The fourth-order valence-electron chi connectivity index (χ4n) is 2.36. The third kappa shape index (κ3) is 1.94. The summed E-state index contributed by atoms with van der Waals surface area (Å²) in [7, 11) is 1.70. The topological polar surface area (TPSA) is 99.9 Å². The van der Waals surface area contributed by atoms with Crippen LogP contribution in [0.4, 0.5) is 11.6 Å². The number of hydrogen-bond acceptors (Lipinski definition) is 5. The highest BCUT2D eigenvalue weighted by molar-refractivity contribution is 5.63. The fourth-order valence-corrected chi connectivity index (χ4v) is 2.36. The van der Waals surface area contributed by atoms with Crippen molar-refractivity contribution in [1.29, 1.82) is 5.26 Å². The lowest BCUT2D eigenvalue weighted by atomic mass is 9.93. The van der Waals surface area contributed by atoms with Crippen LogP contribution in [0.5, 0.6) is 0 Å². The van der Waals surface area contributed by atoms with Gasteiger partial charge in [-0.15, -0.1) is 0 Å². The summed E-state index contributed by atoms with van der Waals surface area (Å²) in [4.78, 5) is 0. The molecular weight excluding hydrogens is 218 g/mol. The number of nitriles is 1. The van der Waals surface area contributed by atoms with Gasteiger partial charge in [0, 0.05) is 7.05 Å². The molecule has 2 atom stereocenters. The second kappa shape index (κ2) is 4.63. The lowest BCUT2D eigenvalue weighted by Crippen LogP contribution is -2.29. The fraction of sp³-hybridized carbons (Fsp3) is 0.636. The molecule has 1 aromatic heterocycles. The molecule has 0 spiro atoms. The molecule has 17 heavy (non-hydrogen) atoms. The van der Waals surface area contributed by atoms with Crippen molar-refractivity contribution in [2.24, 2.45) is 0 Å². The maximum absolute atomic E-state index is 9.97. The van der Waals surface area contributed by atoms with Crippen LogP contribution in [0.1, 0.15) is 37.3 Å². The first-order chi connectivity index (χ1) is 8.19. The standard InChI is InChI=1S/C11H17N5O/c1-14-11-7(6-12)10(13)16(15-11)8-4-2-3-5-9(8)17/h8-9,17H,2-5,13H2,1H3,(H,14,15). The van der Waals surface area contributed by atoms with E-state index in [2.05, 4.69) is 10.4 Å². The highest BCUT2D eigenvalue weighted by Gasteiger charge is 2.28. The highest BCUT2D eigenvalue weighted by atomic mass is 16.3. The van der Waals surface area contributed by atoms with Gasteiger partial charge in [-0.2, -0.15) is 10.4 Å². The van der Waals surface area contributed by atoms with E-state index >= 15 is 0 Å². The number of hydrogen-bond donors (Lipinski definition) is 3. The molecule has 1 aliphatic carbocycles. The zero-order valence-corrected chi connectivity index (χ0v) is 9.85. The SMILES string of the molecule is CNc1nn(C2CCCCC2O)c(N)c1C#N.